The molecule has 1 aliphatic rings. The largest absolute Gasteiger partial charge is 0.508 e. The van der Waals surface area contributed by atoms with Crippen LogP contribution in [0.3, 0.4) is 0 Å². The molecule has 1 aromatic carbocycles. The molecule has 0 fully saturated rings. The second-order valence-corrected chi connectivity index (χ2v) is 3.74. The topological polar surface area (TPSA) is 87.0 Å². The molecule has 1 atom stereocenters. The van der Waals surface area contributed by atoms with Crippen molar-refractivity contribution in [3.8, 4) is 11.5 Å². The average molecular weight is 210 g/mol. The van der Waals surface area contributed by atoms with Crippen LogP contribution in [0.15, 0.2) is 12.1 Å². The summed E-state index contributed by atoms with van der Waals surface area (Å²) in [6.45, 7) is 1.34. The van der Waals surface area contributed by atoms with Gasteiger partial charge in [0.2, 0.25) is 5.79 Å². The van der Waals surface area contributed by atoms with Gasteiger partial charge in [0.15, 0.2) is 0 Å². The molecular weight excluding hydrogens is 200 g/mol. The third kappa shape index (κ3) is 1.61. The van der Waals surface area contributed by atoms with Crippen LogP contribution in [0, 0.1) is 0 Å². The Labute approximate surface area is 85.5 Å². The van der Waals surface area contributed by atoms with Gasteiger partial charge in [0.05, 0.1) is 0 Å². The van der Waals surface area contributed by atoms with E-state index in [9.17, 15) is 20.1 Å². The highest BCUT2D eigenvalue weighted by Gasteiger charge is 2.36. The molecule has 0 spiro atoms. The van der Waals surface area contributed by atoms with E-state index in [0.717, 1.165) is 6.07 Å². The number of aliphatic hydroxyl groups is 1. The van der Waals surface area contributed by atoms with Crippen LogP contribution < -0.4 is 0 Å². The first kappa shape index (κ1) is 9.79. The molecule has 1 aromatic rings. The lowest BCUT2D eigenvalue weighted by Gasteiger charge is -2.29. The quantitative estimate of drug-likeness (QED) is 0.543. The van der Waals surface area contributed by atoms with Crippen molar-refractivity contribution in [1.29, 1.82) is 0 Å². The van der Waals surface area contributed by atoms with Crippen molar-refractivity contribution >= 4 is 5.97 Å². The van der Waals surface area contributed by atoms with Crippen LogP contribution in [0.4, 0.5) is 0 Å². The summed E-state index contributed by atoms with van der Waals surface area (Å²) < 4.78 is 4.70. The maximum Gasteiger partial charge on any atom is 0.344 e. The van der Waals surface area contributed by atoms with Crippen LogP contribution in [0.25, 0.3) is 0 Å². The lowest BCUT2D eigenvalue weighted by atomic mass is 9.96. The molecule has 80 valence electrons. The first-order valence-corrected chi connectivity index (χ1v) is 4.40. The number of carbonyl (C=O) groups is 1. The fourth-order valence-electron chi connectivity index (χ4n) is 1.68. The van der Waals surface area contributed by atoms with E-state index in [1.54, 1.807) is 0 Å². The molecule has 0 radical (unpaired) electrons. The predicted octanol–water partition coefficient (Wildman–Crippen LogP) is 0.519. The second kappa shape index (κ2) is 2.87. The number of aromatic hydroxyl groups is 2. The SMILES string of the molecule is CC1(O)Cc2cc(O)cc(O)c2C(=O)O1. The van der Waals surface area contributed by atoms with E-state index in [2.05, 4.69) is 0 Å². The molecule has 1 unspecified atom stereocenters. The molecule has 1 heterocycles. The zero-order chi connectivity index (χ0) is 11.2. The van der Waals surface area contributed by atoms with Crippen molar-refractivity contribution in [3.05, 3.63) is 23.3 Å². The number of fused-ring (bicyclic) bond motifs is 1. The zero-order valence-electron chi connectivity index (χ0n) is 8.02. The Morgan fingerprint density at radius 3 is 2.73 bits per heavy atom. The minimum atomic E-state index is -1.59. The van der Waals surface area contributed by atoms with Gasteiger partial charge in [-0.2, -0.15) is 0 Å². The predicted molar refractivity (Wildman–Crippen MR) is 49.5 cm³/mol. The van der Waals surface area contributed by atoms with Gasteiger partial charge in [-0.25, -0.2) is 4.79 Å². The molecule has 0 amide bonds. The highest BCUT2D eigenvalue weighted by Crippen LogP contribution is 2.34. The molecule has 0 bridgehead atoms. The maximum atomic E-state index is 11.4. The van der Waals surface area contributed by atoms with E-state index < -0.39 is 11.8 Å². The minimum Gasteiger partial charge on any atom is -0.508 e. The van der Waals surface area contributed by atoms with Crippen LogP contribution in [0.2, 0.25) is 0 Å². The average Bonchev–Trinajstić information content (AvgIpc) is 1.97. The van der Waals surface area contributed by atoms with Crippen molar-refractivity contribution in [1.82, 2.24) is 0 Å². The summed E-state index contributed by atoms with van der Waals surface area (Å²) in [6.07, 6.45) is 0.0377. The number of phenolic OH excluding ortho intramolecular Hbond substituents is 2. The Morgan fingerprint density at radius 2 is 2.07 bits per heavy atom. The summed E-state index contributed by atoms with van der Waals surface area (Å²) in [5.74, 6) is -2.88. The highest BCUT2D eigenvalue weighted by molar-refractivity contribution is 5.95. The fourth-order valence-corrected chi connectivity index (χ4v) is 1.68. The number of hydrogen-bond acceptors (Lipinski definition) is 5. The molecule has 0 aliphatic carbocycles. The van der Waals surface area contributed by atoms with E-state index >= 15 is 0 Å². The van der Waals surface area contributed by atoms with Crippen LogP contribution in [0.1, 0.15) is 22.8 Å². The maximum absolute atomic E-state index is 11.4. The van der Waals surface area contributed by atoms with Gasteiger partial charge in [-0.05, 0) is 11.6 Å². The number of rotatable bonds is 0. The third-order valence-corrected chi connectivity index (χ3v) is 2.22. The Balaban J connectivity index is 2.60. The Morgan fingerprint density at radius 1 is 1.40 bits per heavy atom. The Hall–Kier alpha value is -1.75. The molecule has 0 saturated heterocycles. The first-order valence-electron chi connectivity index (χ1n) is 4.40. The third-order valence-electron chi connectivity index (χ3n) is 2.22. The van der Waals surface area contributed by atoms with Gasteiger partial charge in [0.25, 0.3) is 0 Å². The van der Waals surface area contributed by atoms with E-state index in [0.29, 0.717) is 5.56 Å². The number of esters is 1. The van der Waals surface area contributed by atoms with Gasteiger partial charge in [-0.15, -0.1) is 0 Å². The van der Waals surface area contributed by atoms with Crippen LogP contribution in [-0.4, -0.2) is 27.1 Å². The van der Waals surface area contributed by atoms with E-state index in [1.165, 1.54) is 13.0 Å². The van der Waals surface area contributed by atoms with Gasteiger partial charge in [0.1, 0.15) is 17.1 Å². The number of ether oxygens (including phenoxy) is 1. The number of phenols is 2. The lowest BCUT2D eigenvalue weighted by Crippen LogP contribution is -2.38. The van der Waals surface area contributed by atoms with Gasteiger partial charge in [-0.1, -0.05) is 0 Å². The molecule has 5 nitrogen and oxygen atoms in total. The van der Waals surface area contributed by atoms with Gasteiger partial charge < -0.3 is 20.1 Å². The van der Waals surface area contributed by atoms with Crippen LogP contribution in [0.5, 0.6) is 11.5 Å². The zero-order valence-corrected chi connectivity index (χ0v) is 8.02. The second-order valence-electron chi connectivity index (χ2n) is 3.74. The molecule has 5 heteroatoms. The number of hydrogen-bond donors (Lipinski definition) is 3. The molecule has 3 N–H and O–H groups in total. The van der Waals surface area contributed by atoms with E-state index in [4.69, 9.17) is 4.74 Å². The molecule has 0 aromatic heterocycles. The van der Waals surface area contributed by atoms with Gasteiger partial charge >= 0.3 is 5.97 Å². The monoisotopic (exact) mass is 210 g/mol. The summed E-state index contributed by atoms with van der Waals surface area (Å²) >= 11 is 0. The number of benzene rings is 1. The van der Waals surface area contributed by atoms with Crippen molar-refractivity contribution in [2.24, 2.45) is 0 Å². The minimum absolute atomic E-state index is 0.000625. The fraction of sp³-hybridized carbons (Fsp3) is 0.300. The molecule has 0 saturated carbocycles. The number of carbonyl (C=O) groups excluding carboxylic acids is 1. The summed E-state index contributed by atoms with van der Waals surface area (Å²) in [6, 6.07) is 2.38. The normalized spacial score (nSPS) is 24.5. The van der Waals surface area contributed by atoms with Crippen LogP contribution >= 0.6 is 0 Å². The molecule has 1 aliphatic heterocycles. The van der Waals surface area contributed by atoms with Gasteiger partial charge in [-0.3, -0.25) is 0 Å². The Bertz CT molecular complexity index is 436. The van der Waals surface area contributed by atoms with E-state index in [1.807, 2.05) is 0 Å². The van der Waals surface area contributed by atoms with Crippen molar-refractivity contribution in [2.75, 3.05) is 0 Å². The Kier molecular flexibility index (Phi) is 1.87. The van der Waals surface area contributed by atoms with Crippen molar-refractivity contribution in [2.45, 2.75) is 19.1 Å². The number of cyclic esters (lactones) is 1. The smallest absolute Gasteiger partial charge is 0.344 e. The lowest BCUT2D eigenvalue weighted by molar-refractivity contribution is -0.154. The standard InChI is InChI=1S/C10H10O5/c1-10(14)4-5-2-6(11)3-7(12)8(5)9(13)15-10/h2-3,11-12,14H,4H2,1H3. The summed E-state index contributed by atoms with van der Waals surface area (Å²) in [7, 11) is 0. The van der Waals surface area contributed by atoms with E-state index in [-0.39, 0.29) is 23.5 Å². The highest BCUT2D eigenvalue weighted by atomic mass is 16.7. The summed E-state index contributed by atoms with van der Waals surface area (Å²) in [5, 5.41) is 28.2. The van der Waals surface area contributed by atoms with Crippen molar-refractivity contribution < 1.29 is 24.9 Å². The summed E-state index contributed by atoms with van der Waals surface area (Å²) in [4.78, 5) is 11.4. The molecule has 2 rings (SSSR count). The first-order chi connectivity index (χ1) is 6.89. The summed E-state index contributed by atoms with van der Waals surface area (Å²) in [5.41, 5.74) is 0.369. The van der Waals surface area contributed by atoms with Gasteiger partial charge in [0, 0.05) is 19.4 Å². The molecular formula is C10H10O5. The van der Waals surface area contributed by atoms with Crippen LogP contribution in [-0.2, 0) is 11.2 Å². The molecule has 15 heavy (non-hydrogen) atoms. The van der Waals surface area contributed by atoms with Crippen molar-refractivity contribution in [3.63, 3.8) is 0 Å².